The molecule has 0 amide bonds. The maximum absolute atomic E-state index is 12.8. The Morgan fingerprint density at radius 2 is 1.79 bits per heavy atom. The number of carbonyl (C=O) groups excluding carboxylic acids is 1. The van der Waals surface area contributed by atoms with Crippen LogP contribution in [0.25, 0.3) is 6.08 Å². The molecular formula is C22H23F3O3. The Hall–Kier alpha value is -2.60. The fraction of sp³-hybridized carbons (Fsp3) is 0.318. The van der Waals surface area contributed by atoms with Crippen LogP contribution in [0, 0.1) is 5.92 Å². The molecule has 3 nitrogen and oxygen atoms in total. The van der Waals surface area contributed by atoms with E-state index in [1.54, 1.807) is 13.8 Å². The van der Waals surface area contributed by atoms with Gasteiger partial charge in [-0.25, -0.2) is 0 Å². The summed E-state index contributed by atoms with van der Waals surface area (Å²) in [4.78, 5) is 12.2. The summed E-state index contributed by atoms with van der Waals surface area (Å²) in [6.07, 6.45) is -2.00. The van der Waals surface area contributed by atoms with Crippen LogP contribution in [0.1, 0.15) is 37.0 Å². The molecule has 0 aliphatic carbocycles. The molecule has 150 valence electrons. The van der Waals surface area contributed by atoms with Gasteiger partial charge in [-0.3, -0.25) is 4.79 Å². The summed E-state index contributed by atoms with van der Waals surface area (Å²) in [5.41, 5.74) is -1.21. The summed E-state index contributed by atoms with van der Waals surface area (Å²) in [7, 11) is 0. The zero-order valence-corrected chi connectivity index (χ0v) is 15.7. The van der Waals surface area contributed by atoms with Crippen molar-refractivity contribution in [2.45, 2.75) is 38.7 Å². The molecule has 1 N–H and O–H groups in total. The lowest BCUT2D eigenvalue weighted by molar-refractivity contribution is -0.150. The number of alkyl halides is 3. The topological polar surface area (TPSA) is 46.5 Å². The van der Waals surface area contributed by atoms with Crippen LogP contribution in [0.5, 0.6) is 0 Å². The van der Waals surface area contributed by atoms with Gasteiger partial charge in [-0.2, -0.15) is 13.2 Å². The van der Waals surface area contributed by atoms with Crippen LogP contribution >= 0.6 is 0 Å². The normalized spacial score (nSPS) is 14.2. The molecule has 28 heavy (non-hydrogen) atoms. The van der Waals surface area contributed by atoms with Gasteiger partial charge in [-0.05, 0) is 29.2 Å². The van der Waals surface area contributed by atoms with Gasteiger partial charge in [-0.15, -0.1) is 0 Å². The zero-order valence-electron chi connectivity index (χ0n) is 15.7. The highest BCUT2D eigenvalue weighted by Gasteiger charge is 2.32. The smallest absolute Gasteiger partial charge is 0.416 e. The van der Waals surface area contributed by atoms with E-state index in [1.165, 1.54) is 24.3 Å². The number of ether oxygens (including phenoxy) is 1. The molecule has 2 aromatic carbocycles. The molecule has 0 radical (unpaired) electrons. The Morgan fingerprint density at radius 3 is 2.39 bits per heavy atom. The van der Waals surface area contributed by atoms with Crippen molar-refractivity contribution in [1.29, 1.82) is 0 Å². The van der Waals surface area contributed by atoms with Gasteiger partial charge < -0.3 is 9.84 Å². The van der Waals surface area contributed by atoms with Crippen molar-refractivity contribution >= 4 is 12.0 Å². The van der Waals surface area contributed by atoms with Gasteiger partial charge in [0.15, 0.2) is 0 Å². The van der Waals surface area contributed by atoms with E-state index < -0.39 is 23.3 Å². The minimum absolute atomic E-state index is 0.0885. The number of halogens is 3. The van der Waals surface area contributed by atoms with Crippen molar-refractivity contribution < 1.29 is 27.8 Å². The average Bonchev–Trinajstić information content (AvgIpc) is 2.65. The molecule has 1 atom stereocenters. The molecule has 0 aromatic heterocycles. The van der Waals surface area contributed by atoms with E-state index in [0.717, 1.165) is 17.7 Å². The molecule has 0 aliphatic rings. The van der Waals surface area contributed by atoms with E-state index in [-0.39, 0.29) is 24.5 Å². The van der Waals surface area contributed by atoms with Crippen LogP contribution in [0.15, 0.2) is 60.7 Å². The Balaban J connectivity index is 2.08. The predicted molar refractivity (Wildman–Crippen MR) is 101 cm³/mol. The van der Waals surface area contributed by atoms with E-state index in [2.05, 4.69) is 0 Å². The maximum Gasteiger partial charge on any atom is 0.416 e. The minimum Gasteiger partial charge on any atom is -0.461 e. The summed E-state index contributed by atoms with van der Waals surface area (Å²) < 4.78 is 43.7. The van der Waals surface area contributed by atoms with E-state index in [1.807, 2.05) is 30.3 Å². The highest BCUT2D eigenvalue weighted by atomic mass is 19.4. The number of hydrogen-bond acceptors (Lipinski definition) is 3. The lowest BCUT2D eigenvalue weighted by Crippen LogP contribution is -2.35. The van der Waals surface area contributed by atoms with Crippen LogP contribution in [0.4, 0.5) is 13.2 Å². The second-order valence-corrected chi connectivity index (χ2v) is 6.93. The fourth-order valence-corrected chi connectivity index (χ4v) is 2.54. The first-order valence-corrected chi connectivity index (χ1v) is 8.88. The Bertz CT molecular complexity index is 813. The zero-order chi connectivity index (χ0) is 20.8. The molecule has 0 fully saturated rings. The van der Waals surface area contributed by atoms with E-state index in [9.17, 15) is 23.1 Å². The van der Waals surface area contributed by atoms with E-state index in [4.69, 9.17) is 4.74 Å². The van der Waals surface area contributed by atoms with Crippen molar-refractivity contribution in [2.75, 3.05) is 0 Å². The van der Waals surface area contributed by atoms with Gasteiger partial charge in [0.05, 0.1) is 17.6 Å². The molecule has 0 saturated heterocycles. The molecule has 0 heterocycles. The molecule has 6 heteroatoms. The lowest BCUT2D eigenvalue weighted by Gasteiger charge is -2.28. The Labute approximate surface area is 162 Å². The third-order valence-electron chi connectivity index (χ3n) is 4.45. The molecule has 0 aliphatic heterocycles. The second kappa shape index (κ2) is 9.06. The minimum atomic E-state index is -4.44. The third kappa shape index (κ3) is 6.23. The monoisotopic (exact) mass is 392 g/mol. The number of benzene rings is 2. The average molecular weight is 392 g/mol. The van der Waals surface area contributed by atoms with Gasteiger partial charge in [0.2, 0.25) is 0 Å². The second-order valence-electron chi connectivity index (χ2n) is 6.93. The largest absolute Gasteiger partial charge is 0.461 e. The highest BCUT2D eigenvalue weighted by molar-refractivity contribution is 5.71. The number of carbonyl (C=O) groups is 1. The summed E-state index contributed by atoms with van der Waals surface area (Å²) in [5.74, 6) is -0.937. The molecule has 2 rings (SSSR count). The first-order valence-electron chi connectivity index (χ1n) is 8.88. The summed E-state index contributed by atoms with van der Waals surface area (Å²) in [6.45, 7) is 3.53. The van der Waals surface area contributed by atoms with Gasteiger partial charge in [-0.1, -0.05) is 68.5 Å². The van der Waals surface area contributed by atoms with Gasteiger partial charge in [0, 0.05) is 0 Å². The fourth-order valence-electron chi connectivity index (χ4n) is 2.54. The van der Waals surface area contributed by atoms with Crippen molar-refractivity contribution in [2.24, 2.45) is 5.92 Å². The first kappa shape index (κ1) is 21.7. The summed E-state index contributed by atoms with van der Waals surface area (Å²) in [6, 6.07) is 13.9. The molecular weight excluding hydrogens is 369 g/mol. The molecule has 0 spiro atoms. The Morgan fingerprint density at radius 1 is 1.11 bits per heavy atom. The third-order valence-corrected chi connectivity index (χ3v) is 4.45. The summed E-state index contributed by atoms with van der Waals surface area (Å²) in [5, 5.41) is 10.8. The number of rotatable bonds is 7. The van der Waals surface area contributed by atoms with Crippen LogP contribution in [0.2, 0.25) is 0 Å². The van der Waals surface area contributed by atoms with Crippen molar-refractivity contribution in [3.63, 3.8) is 0 Å². The molecule has 2 aromatic rings. The standard InChI is InChI=1S/C22H23F3O3/c1-16(2)21(27,14-20(26)28-15-18-7-4-3-5-8-18)12-11-17-9-6-10-19(13-17)22(23,24)25/h3-13,16,27H,14-15H2,1-2H3/b12-11+. The van der Waals surface area contributed by atoms with Crippen molar-refractivity contribution in [3.05, 3.63) is 77.4 Å². The first-order chi connectivity index (χ1) is 13.1. The molecule has 0 bridgehead atoms. The van der Waals surface area contributed by atoms with E-state index >= 15 is 0 Å². The van der Waals surface area contributed by atoms with Crippen LogP contribution < -0.4 is 0 Å². The van der Waals surface area contributed by atoms with Crippen LogP contribution in [-0.2, 0) is 22.3 Å². The van der Waals surface area contributed by atoms with Crippen molar-refractivity contribution in [1.82, 2.24) is 0 Å². The van der Waals surface area contributed by atoms with Gasteiger partial charge in [0.1, 0.15) is 6.61 Å². The number of esters is 1. The van der Waals surface area contributed by atoms with Gasteiger partial charge >= 0.3 is 12.1 Å². The SMILES string of the molecule is CC(C)C(O)(/C=C/c1cccc(C(F)(F)F)c1)CC(=O)OCc1ccccc1. The maximum atomic E-state index is 12.8. The van der Waals surface area contributed by atoms with Crippen molar-refractivity contribution in [3.8, 4) is 0 Å². The molecule has 1 unspecified atom stereocenters. The van der Waals surface area contributed by atoms with Crippen LogP contribution in [0.3, 0.4) is 0 Å². The Kier molecular flexibility index (Phi) is 7.02. The number of aliphatic hydroxyl groups is 1. The van der Waals surface area contributed by atoms with Crippen LogP contribution in [-0.4, -0.2) is 16.7 Å². The molecule has 0 saturated carbocycles. The van der Waals surface area contributed by atoms with Gasteiger partial charge in [0.25, 0.3) is 0 Å². The number of hydrogen-bond donors (Lipinski definition) is 1. The highest BCUT2D eigenvalue weighted by Crippen LogP contribution is 2.30. The quantitative estimate of drug-likeness (QED) is 0.656. The summed E-state index contributed by atoms with van der Waals surface area (Å²) >= 11 is 0. The lowest BCUT2D eigenvalue weighted by atomic mass is 9.86. The van der Waals surface area contributed by atoms with E-state index in [0.29, 0.717) is 0 Å². The predicted octanol–water partition coefficient (Wildman–Crippen LogP) is 5.24.